The minimum atomic E-state index is -0.830. The average Bonchev–Trinajstić information content (AvgIpc) is 3.50. The van der Waals surface area contributed by atoms with Crippen LogP contribution in [0.1, 0.15) is 54.8 Å². The number of ketones is 2. The Morgan fingerprint density at radius 1 is 1.03 bits per heavy atom. The average molecular weight is 485 g/mol. The molecule has 11 nitrogen and oxygen atoms in total. The lowest BCUT2D eigenvalue weighted by molar-refractivity contribution is -0.0432. The number of anilines is 1. The summed E-state index contributed by atoms with van der Waals surface area (Å²) in [5.74, 6) is -0.985. The molecule has 0 spiro atoms. The standard InChI is InChI=1S/C25H19N5O6/c31-9-18-17(32)8-19(36-18)30-11-28-20-23(26-10-27-24(20)30)29-25(35)12-5-6-15-16(7-12)22(34)14-4-2-1-3-13(14)21(15)33/h1-7,10-11,17-19,31-32H,8-9H2,(H,26,27,29,35)/t17?,18-,19-/m1/s1. The normalized spacial score (nSPS) is 20.9. The van der Waals surface area contributed by atoms with E-state index in [0.717, 1.165) is 0 Å². The summed E-state index contributed by atoms with van der Waals surface area (Å²) in [6.07, 6.45) is 0.840. The third-order valence-corrected chi connectivity index (χ3v) is 6.47. The molecule has 2 aromatic carbocycles. The molecular formula is C25H19N5O6. The highest BCUT2D eigenvalue weighted by Gasteiger charge is 2.35. The lowest BCUT2D eigenvalue weighted by Gasteiger charge is -2.17. The quantitative estimate of drug-likeness (QED) is 0.343. The van der Waals surface area contributed by atoms with Crippen molar-refractivity contribution in [2.45, 2.75) is 24.9 Å². The van der Waals surface area contributed by atoms with E-state index in [9.17, 15) is 24.6 Å². The maximum Gasteiger partial charge on any atom is 0.256 e. The molecule has 1 aliphatic heterocycles. The van der Waals surface area contributed by atoms with E-state index in [1.807, 2.05) is 0 Å². The SMILES string of the molecule is O=C(Nc1ncnc2c1ncn2[C@H]1CC(O)[C@@H](CO)O1)c1ccc2c(c1)C(=O)c1ccccc1C2=O. The molecule has 1 unspecified atom stereocenters. The van der Waals surface area contributed by atoms with Gasteiger partial charge in [-0.25, -0.2) is 15.0 Å². The van der Waals surface area contributed by atoms with E-state index in [1.165, 1.54) is 30.9 Å². The molecule has 6 rings (SSSR count). The number of aliphatic hydroxyl groups excluding tert-OH is 2. The molecule has 2 aliphatic rings. The van der Waals surface area contributed by atoms with Crippen LogP contribution in [0.5, 0.6) is 0 Å². The Bertz CT molecular complexity index is 1560. The van der Waals surface area contributed by atoms with Gasteiger partial charge < -0.3 is 20.3 Å². The number of aromatic nitrogens is 4. The Morgan fingerprint density at radius 2 is 1.75 bits per heavy atom. The topological polar surface area (TPSA) is 157 Å². The smallest absolute Gasteiger partial charge is 0.256 e. The van der Waals surface area contributed by atoms with Gasteiger partial charge in [0.25, 0.3) is 5.91 Å². The number of hydrogen-bond acceptors (Lipinski definition) is 9. The van der Waals surface area contributed by atoms with E-state index < -0.39 is 24.3 Å². The lowest BCUT2D eigenvalue weighted by atomic mass is 9.83. The molecule has 0 saturated carbocycles. The van der Waals surface area contributed by atoms with Gasteiger partial charge in [-0.05, 0) is 18.2 Å². The van der Waals surface area contributed by atoms with Gasteiger partial charge in [0, 0.05) is 34.2 Å². The summed E-state index contributed by atoms with van der Waals surface area (Å²) in [6.45, 7) is -0.318. The second kappa shape index (κ2) is 8.41. The van der Waals surface area contributed by atoms with Crippen molar-refractivity contribution in [3.63, 3.8) is 0 Å². The first-order chi connectivity index (χ1) is 17.5. The molecular weight excluding hydrogens is 466 g/mol. The highest BCUT2D eigenvalue weighted by Crippen LogP contribution is 2.32. The number of ether oxygens (including phenoxy) is 1. The fourth-order valence-corrected chi connectivity index (χ4v) is 4.62. The summed E-state index contributed by atoms with van der Waals surface area (Å²) < 4.78 is 7.28. The number of imidazole rings is 1. The molecule has 3 N–H and O–H groups in total. The molecule has 1 aliphatic carbocycles. The molecule has 1 amide bonds. The van der Waals surface area contributed by atoms with E-state index in [1.54, 1.807) is 28.8 Å². The number of aliphatic hydroxyl groups is 2. The predicted octanol–water partition coefficient (Wildman–Crippen LogP) is 1.49. The van der Waals surface area contributed by atoms with Gasteiger partial charge in [-0.2, -0.15) is 0 Å². The largest absolute Gasteiger partial charge is 0.394 e. The summed E-state index contributed by atoms with van der Waals surface area (Å²) >= 11 is 0. The van der Waals surface area contributed by atoms with Crippen molar-refractivity contribution < 1.29 is 29.3 Å². The van der Waals surface area contributed by atoms with Crippen molar-refractivity contribution in [1.82, 2.24) is 19.5 Å². The Balaban J connectivity index is 1.29. The molecule has 180 valence electrons. The highest BCUT2D eigenvalue weighted by atomic mass is 16.5. The van der Waals surface area contributed by atoms with Crippen LogP contribution in [0, 0.1) is 0 Å². The van der Waals surface area contributed by atoms with E-state index in [2.05, 4.69) is 20.3 Å². The molecule has 1 fully saturated rings. The Morgan fingerprint density at radius 3 is 2.47 bits per heavy atom. The Labute approximate surface area is 203 Å². The third kappa shape index (κ3) is 3.40. The first kappa shape index (κ1) is 22.2. The van der Waals surface area contributed by atoms with Crippen molar-refractivity contribution in [3.8, 4) is 0 Å². The Kier molecular flexibility index (Phi) is 5.18. The van der Waals surface area contributed by atoms with Gasteiger partial charge in [0.2, 0.25) is 0 Å². The number of carbonyl (C=O) groups excluding carboxylic acids is 3. The highest BCUT2D eigenvalue weighted by molar-refractivity contribution is 6.28. The number of rotatable bonds is 4. The van der Waals surface area contributed by atoms with Crippen LogP contribution >= 0.6 is 0 Å². The van der Waals surface area contributed by atoms with Crippen molar-refractivity contribution >= 4 is 34.5 Å². The van der Waals surface area contributed by atoms with Gasteiger partial charge in [0.15, 0.2) is 28.5 Å². The maximum absolute atomic E-state index is 13.1. The van der Waals surface area contributed by atoms with Gasteiger partial charge >= 0.3 is 0 Å². The molecule has 0 radical (unpaired) electrons. The summed E-state index contributed by atoms with van der Waals surface area (Å²) in [7, 11) is 0. The number of carbonyl (C=O) groups is 3. The zero-order valence-corrected chi connectivity index (χ0v) is 18.7. The van der Waals surface area contributed by atoms with Gasteiger partial charge in [-0.1, -0.05) is 24.3 Å². The third-order valence-electron chi connectivity index (χ3n) is 6.47. The van der Waals surface area contributed by atoms with E-state index in [-0.39, 0.29) is 47.1 Å². The van der Waals surface area contributed by atoms with Crippen LogP contribution in [0.15, 0.2) is 55.1 Å². The first-order valence-electron chi connectivity index (χ1n) is 11.2. The summed E-state index contributed by atoms with van der Waals surface area (Å²) in [5, 5.41) is 22.1. The number of hydrogen-bond donors (Lipinski definition) is 3. The summed E-state index contributed by atoms with van der Waals surface area (Å²) in [4.78, 5) is 51.6. The fraction of sp³-hybridized carbons (Fsp3) is 0.200. The van der Waals surface area contributed by atoms with E-state index in [4.69, 9.17) is 4.74 Å². The molecule has 3 atom stereocenters. The molecule has 3 heterocycles. The zero-order valence-electron chi connectivity index (χ0n) is 18.7. The molecule has 1 saturated heterocycles. The Hall–Kier alpha value is -4.32. The number of amides is 1. The summed E-state index contributed by atoms with van der Waals surface area (Å²) in [5.41, 5.74) is 1.91. The first-order valence-corrected chi connectivity index (χ1v) is 11.2. The van der Waals surface area contributed by atoms with Crippen LogP contribution < -0.4 is 5.32 Å². The van der Waals surface area contributed by atoms with Crippen molar-refractivity contribution in [1.29, 1.82) is 0 Å². The number of benzene rings is 2. The van der Waals surface area contributed by atoms with Crippen LogP contribution in [0.3, 0.4) is 0 Å². The minimum Gasteiger partial charge on any atom is -0.394 e. The second-order valence-corrected chi connectivity index (χ2v) is 8.58. The zero-order chi connectivity index (χ0) is 25.0. The predicted molar refractivity (Wildman–Crippen MR) is 125 cm³/mol. The van der Waals surface area contributed by atoms with Crippen LogP contribution in [-0.2, 0) is 4.74 Å². The molecule has 4 aromatic rings. The van der Waals surface area contributed by atoms with Crippen LogP contribution in [0.2, 0.25) is 0 Å². The molecule has 36 heavy (non-hydrogen) atoms. The molecule has 2 aromatic heterocycles. The number of nitrogens with zero attached hydrogens (tertiary/aromatic N) is 4. The molecule has 11 heteroatoms. The van der Waals surface area contributed by atoms with Gasteiger partial charge in [-0.3, -0.25) is 19.0 Å². The van der Waals surface area contributed by atoms with E-state index in [0.29, 0.717) is 22.3 Å². The second-order valence-electron chi connectivity index (χ2n) is 8.58. The molecule has 0 bridgehead atoms. The maximum atomic E-state index is 13.1. The van der Waals surface area contributed by atoms with Crippen molar-refractivity contribution in [2.24, 2.45) is 0 Å². The van der Waals surface area contributed by atoms with Crippen LogP contribution in [-0.4, -0.2) is 66.0 Å². The van der Waals surface area contributed by atoms with Gasteiger partial charge in [0.05, 0.1) is 19.0 Å². The minimum absolute atomic E-state index is 0.145. The van der Waals surface area contributed by atoms with Gasteiger partial charge in [-0.15, -0.1) is 0 Å². The van der Waals surface area contributed by atoms with Crippen molar-refractivity contribution in [2.75, 3.05) is 11.9 Å². The van der Waals surface area contributed by atoms with Crippen LogP contribution in [0.25, 0.3) is 11.2 Å². The number of nitrogens with one attached hydrogen (secondary N) is 1. The monoisotopic (exact) mass is 485 g/mol. The number of fused-ring (bicyclic) bond motifs is 3. The van der Waals surface area contributed by atoms with Gasteiger partial charge in [0.1, 0.15) is 18.7 Å². The van der Waals surface area contributed by atoms with Crippen LogP contribution in [0.4, 0.5) is 5.82 Å². The van der Waals surface area contributed by atoms with E-state index >= 15 is 0 Å². The van der Waals surface area contributed by atoms with Crippen molar-refractivity contribution in [3.05, 3.63) is 82.9 Å². The lowest BCUT2D eigenvalue weighted by Crippen LogP contribution is -2.24. The summed E-state index contributed by atoms with van der Waals surface area (Å²) in [6, 6.07) is 11.0. The fourth-order valence-electron chi connectivity index (χ4n) is 4.62.